The standard InChI is InChI=1S/C19H22F2N2O3/c1-23(18(24)10-8-14-5-3-4-6-15(14)22)12-13-7-9-16(25-2)17(11-13)26-19(20)21/h3-7,9,11,19H,8,10,12,22H2,1-2H3. The maximum atomic E-state index is 12.5. The number of benzene rings is 2. The number of alkyl halides is 2. The van der Waals surface area contributed by atoms with Crippen LogP contribution in [0, 0.1) is 0 Å². The van der Waals surface area contributed by atoms with Crippen molar-refractivity contribution in [1.29, 1.82) is 0 Å². The largest absolute Gasteiger partial charge is 0.493 e. The summed E-state index contributed by atoms with van der Waals surface area (Å²) in [5.41, 5.74) is 8.12. The lowest BCUT2D eigenvalue weighted by atomic mass is 10.1. The highest BCUT2D eigenvalue weighted by molar-refractivity contribution is 5.76. The highest BCUT2D eigenvalue weighted by atomic mass is 19.3. The van der Waals surface area contributed by atoms with Crippen LogP contribution in [0.1, 0.15) is 17.5 Å². The van der Waals surface area contributed by atoms with Gasteiger partial charge in [-0.1, -0.05) is 24.3 Å². The van der Waals surface area contributed by atoms with E-state index in [9.17, 15) is 13.6 Å². The van der Waals surface area contributed by atoms with Gasteiger partial charge in [0.2, 0.25) is 5.91 Å². The lowest BCUT2D eigenvalue weighted by Gasteiger charge is -2.19. The van der Waals surface area contributed by atoms with Gasteiger partial charge in [-0.2, -0.15) is 8.78 Å². The van der Waals surface area contributed by atoms with Crippen molar-refractivity contribution in [2.24, 2.45) is 0 Å². The van der Waals surface area contributed by atoms with Gasteiger partial charge >= 0.3 is 6.61 Å². The molecule has 7 heteroatoms. The van der Waals surface area contributed by atoms with Crippen LogP contribution in [0.25, 0.3) is 0 Å². The van der Waals surface area contributed by atoms with E-state index in [-0.39, 0.29) is 24.0 Å². The van der Waals surface area contributed by atoms with Crippen molar-refractivity contribution in [3.05, 3.63) is 53.6 Å². The van der Waals surface area contributed by atoms with E-state index in [2.05, 4.69) is 4.74 Å². The fourth-order valence-corrected chi connectivity index (χ4v) is 2.56. The van der Waals surface area contributed by atoms with Crippen molar-refractivity contribution >= 4 is 11.6 Å². The minimum absolute atomic E-state index is 0.0575. The number of halogens is 2. The van der Waals surface area contributed by atoms with E-state index in [1.165, 1.54) is 24.1 Å². The smallest absolute Gasteiger partial charge is 0.387 e. The van der Waals surface area contributed by atoms with Crippen LogP contribution in [0.2, 0.25) is 0 Å². The molecule has 5 nitrogen and oxygen atoms in total. The number of carbonyl (C=O) groups is 1. The maximum absolute atomic E-state index is 12.5. The van der Waals surface area contributed by atoms with Crippen molar-refractivity contribution in [3.63, 3.8) is 0 Å². The van der Waals surface area contributed by atoms with E-state index < -0.39 is 6.61 Å². The maximum Gasteiger partial charge on any atom is 0.387 e. The van der Waals surface area contributed by atoms with Crippen LogP contribution in [0.15, 0.2) is 42.5 Å². The van der Waals surface area contributed by atoms with Gasteiger partial charge < -0.3 is 20.1 Å². The van der Waals surface area contributed by atoms with Gasteiger partial charge in [0.25, 0.3) is 0 Å². The molecule has 2 N–H and O–H groups in total. The van der Waals surface area contributed by atoms with Crippen molar-refractivity contribution in [1.82, 2.24) is 4.90 Å². The molecular weight excluding hydrogens is 342 g/mol. The summed E-state index contributed by atoms with van der Waals surface area (Å²) >= 11 is 0. The van der Waals surface area contributed by atoms with Crippen molar-refractivity contribution < 1.29 is 23.0 Å². The predicted molar refractivity (Wildman–Crippen MR) is 95.3 cm³/mol. The number of carbonyl (C=O) groups excluding carboxylic acids is 1. The van der Waals surface area contributed by atoms with E-state index in [1.807, 2.05) is 18.2 Å². The molecule has 0 aromatic heterocycles. The van der Waals surface area contributed by atoms with E-state index >= 15 is 0 Å². The Labute approximate surface area is 151 Å². The number of hydrogen-bond acceptors (Lipinski definition) is 4. The number of para-hydroxylation sites is 1. The number of hydrogen-bond donors (Lipinski definition) is 1. The van der Waals surface area contributed by atoms with Gasteiger partial charge in [0.1, 0.15) is 0 Å². The molecule has 2 aromatic rings. The Morgan fingerprint density at radius 2 is 1.92 bits per heavy atom. The summed E-state index contributed by atoms with van der Waals surface area (Å²) < 4.78 is 34.5. The van der Waals surface area contributed by atoms with Crippen molar-refractivity contribution in [2.75, 3.05) is 19.9 Å². The summed E-state index contributed by atoms with van der Waals surface area (Å²) in [4.78, 5) is 13.9. The Bertz CT molecular complexity index is 753. The molecule has 0 aliphatic carbocycles. The zero-order valence-corrected chi connectivity index (χ0v) is 14.7. The van der Waals surface area contributed by atoms with E-state index in [0.29, 0.717) is 24.1 Å². The first-order valence-corrected chi connectivity index (χ1v) is 8.09. The van der Waals surface area contributed by atoms with Crippen LogP contribution in [0.5, 0.6) is 11.5 Å². The number of nitrogens with zero attached hydrogens (tertiary/aromatic N) is 1. The highest BCUT2D eigenvalue weighted by Gasteiger charge is 2.14. The molecule has 0 unspecified atom stereocenters. The summed E-state index contributed by atoms with van der Waals surface area (Å²) in [5.74, 6) is 0.0842. The topological polar surface area (TPSA) is 64.8 Å². The average Bonchev–Trinajstić information content (AvgIpc) is 2.60. The number of ether oxygens (including phenoxy) is 2. The molecule has 0 heterocycles. The number of nitrogen functional groups attached to an aromatic ring is 1. The number of aryl methyl sites for hydroxylation is 1. The Balaban J connectivity index is 1.98. The number of methoxy groups -OCH3 is 1. The fourth-order valence-electron chi connectivity index (χ4n) is 2.56. The van der Waals surface area contributed by atoms with Gasteiger partial charge in [0, 0.05) is 25.7 Å². The molecule has 0 bridgehead atoms. The normalized spacial score (nSPS) is 10.7. The second-order valence-electron chi connectivity index (χ2n) is 5.81. The first-order valence-electron chi connectivity index (χ1n) is 8.09. The van der Waals surface area contributed by atoms with Gasteiger partial charge in [-0.3, -0.25) is 4.79 Å². The first kappa shape index (κ1) is 19.5. The van der Waals surface area contributed by atoms with Crippen LogP contribution in [0.3, 0.4) is 0 Å². The molecule has 2 rings (SSSR count). The molecule has 0 spiro atoms. The Morgan fingerprint density at radius 1 is 1.19 bits per heavy atom. The summed E-state index contributed by atoms with van der Waals surface area (Å²) in [7, 11) is 3.03. The summed E-state index contributed by atoms with van der Waals surface area (Å²) in [6, 6.07) is 12.1. The zero-order chi connectivity index (χ0) is 19.1. The quantitative estimate of drug-likeness (QED) is 0.729. The molecule has 0 atom stereocenters. The summed E-state index contributed by atoms with van der Waals surface area (Å²) in [6.07, 6.45) is 0.847. The number of amides is 1. The van der Waals surface area contributed by atoms with Gasteiger partial charge in [0.15, 0.2) is 11.5 Å². The minimum atomic E-state index is -2.95. The number of anilines is 1. The number of rotatable bonds is 8. The summed E-state index contributed by atoms with van der Waals surface area (Å²) in [5, 5.41) is 0. The minimum Gasteiger partial charge on any atom is -0.493 e. The molecule has 0 aliphatic heterocycles. The Hall–Kier alpha value is -2.83. The molecule has 2 aromatic carbocycles. The van der Waals surface area contributed by atoms with Crippen molar-refractivity contribution in [3.8, 4) is 11.5 Å². The van der Waals surface area contributed by atoms with Crippen LogP contribution < -0.4 is 15.2 Å². The molecule has 0 fully saturated rings. The lowest BCUT2D eigenvalue weighted by molar-refractivity contribution is -0.130. The highest BCUT2D eigenvalue weighted by Crippen LogP contribution is 2.30. The lowest BCUT2D eigenvalue weighted by Crippen LogP contribution is -2.26. The molecule has 0 aliphatic rings. The zero-order valence-electron chi connectivity index (χ0n) is 14.7. The molecule has 0 radical (unpaired) electrons. The fraction of sp³-hybridized carbons (Fsp3) is 0.316. The molecule has 140 valence electrons. The Kier molecular flexibility index (Phi) is 6.77. The SMILES string of the molecule is COc1ccc(CN(C)C(=O)CCc2ccccc2N)cc1OC(F)F. The average molecular weight is 364 g/mol. The molecule has 26 heavy (non-hydrogen) atoms. The first-order chi connectivity index (χ1) is 12.4. The monoisotopic (exact) mass is 364 g/mol. The number of nitrogens with two attached hydrogens (primary N) is 1. The third-order valence-corrected chi connectivity index (χ3v) is 3.95. The second-order valence-corrected chi connectivity index (χ2v) is 5.81. The van der Waals surface area contributed by atoms with Crippen LogP contribution in [-0.4, -0.2) is 31.6 Å². The third-order valence-electron chi connectivity index (χ3n) is 3.95. The molecular formula is C19H22F2N2O3. The van der Waals surface area contributed by atoms with Crippen LogP contribution in [-0.2, 0) is 17.8 Å². The molecule has 0 saturated carbocycles. The van der Waals surface area contributed by atoms with Crippen LogP contribution in [0.4, 0.5) is 14.5 Å². The predicted octanol–water partition coefficient (Wildman–Crippen LogP) is 3.47. The van der Waals surface area contributed by atoms with Gasteiger partial charge in [-0.25, -0.2) is 0 Å². The second kappa shape index (κ2) is 9.03. The van der Waals surface area contributed by atoms with E-state index in [4.69, 9.17) is 10.5 Å². The van der Waals surface area contributed by atoms with Crippen LogP contribution >= 0.6 is 0 Å². The van der Waals surface area contributed by atoms with E-state index in [1.54, 1.807) is 19.2 Å². The molecule has 0 saturated heterocycles. The van der Waals surface area contributed by atoms with Gasteiger partial charge in [-0.05, 0) is 35.7 Å². The van der Waals surface area contributed by atoms with E-state index in [0.717, 1.165) is 5.56 Å². The molecule has 1 amide bonds. The summed E-state index contributed by atoms with van der Waals surface area (Å²) in [6.45, 7) is -2.68. The Morgan fingerprint density at radius 3 is 2.58 bits per heavy atom. The van der Waals surface area contributed by atoms with Gasteiger partial charge in [0.05, 0.1) is 7.11 Å². The third kappa shape index (κ3) is 5.34. The van der Waals surface area contributed by atoms with Crippen molar-refractivity contribution in [2.45, 2.75) is 26.0 Å². The van der Waals surface area contributed by atoms with Gasteiger partial charge in [-0.15, -0.1) is 0 Å².